The maximum Gasteiger partial charge on any atom is 0.227 e. The van der Waals surface area contributed by atoms with Gasteiger partial charge in [0.25, 0.3) is 0 Å². The van der Waals surface area contributed by atoms with Crippen molar-refractivity contribution in [1.29, 1.82) is 0 Å². The second kappa shape index (κ2) is 7.45. The molecular formula is C19H25FN6. The van der Waals surface area contributed by atoms with Crippen LogP contribution >= 0.6 is 0 Å². The van der Waals surface area contributed by atoms with E-state index < -0.39 is 0 Å². The van der Waals surface area contributed by atoms with Gasteiger partial charge in [0, 0.05) is 58.0 Å². The van der Waals surface area contributed by atoms with Gasteiger partial charge in [0.1, 0.15) is 0 Å². The molecule has 4 rings (SSSR count). The second-order valence-electron chi connectivity index (χ2n) is 6.94. The molecule has 2 aliphatic rings. The van der Waals surface area contributed by atoms with E-state index in [9.17, 15) is 4.39 Å². The van der Waals surface area contributed by atoms with Crippen LogP contribution in [-0.2, 0) is 0 Å². The molecular weight excluding hydrogens is 331 g/mol. The highest BCUT2D eigenvalue weighted by molar-refractivity contribution is 5.50. The van der Waals surface area contributed by atoms with Crippen LogP contribution in [0.1, 0.15) is 0 Å². The first-order chi connectivity index (χ1) is 12.7. The number of para-hydroxylation sites is 1. The van der Waals surface area contributed by atoms with Crippen LogP contribution < -0.4 is 14.7 Å². The molecule has 6 nitrogen and oxygen atoms in total. The molecule has 2 aliphatic heterocycles. The van der Waals surface area contributed by atoms with E-state index in [4.69, 9.17) is 0 Å². The van der Waals surface area contributed by atoms with Crippen LogP contribution in [0.15, 0.2) is 36.5 Å². The molecule has 2 fully saturated rings. The quantitative estimate of drug-likeness (QED) is 0.833. The summed E-state index contributed by atoms with van der Waals surface area (Å²) in [5.41, 5.74) is 1.24. The van der Waals surface area contributed by atoms with Crippen molar-refractivity contribution in [3.63, 3.8) is 0 Å². The number of halogens is 1. The molecule has 0 atom stereocenters. The molecule has 0 spiro atoms. The molecule has 7 heteroatoms. The van der Waals surface area contributed by atoms with Crippen molar-refractivity contribution in [3.8, 4) is 0 Å². The van der Waals surface area contributed by atoms with Crippen LogP contribution in [0.3, 0.4) is 0 Å². The number of hydrogen-bond donors (Lipinski definition) is 0. The van der Waals surface area contributed by atoms with Crippen molar-refractivity contribution in [2.24, 2.45) is 0 Å². The van der Waals surface area contributed by atoms with Crippen LogP contribution in [0, 0.1) is 5.82 Å². The van der Waals surface area contributed by atoms with Gasteiger partial charge >= 0.3 is 0 Å². The highest BCUT2D eigenvalue weighted by atomic mass is 19.1. The molecule has 0 saturated carbocycles. The SMILES string of the molecule is CN1CCN(c2nc(N3CCN(c4ccccc4)CC3)ncc2F)CC1. The first-order valence-corrected chi connectivity index (χ1v) is 9.22. The van der Waals surface area contributed by atoms with E-state index >= 15 is 0 Å². The lowest BCUT2D eigenvalue weighted by Crippen LogP contribution is -2.48. The minimum absolute atomic E-state index is 0.332. The molecule has 138 valence electrons. The molecule has 0 aliphatic carbocycles. The molecule has 0 radical (unpaired) electrons. The van der Waals surface area contributed by atoms with E-state index in [1.807, 2.05) is 11.0 Å². The van der Waals surface area contributed by atoms with Gasteiger partial charge in [-0.3, -0.25) is 0 Å². The van der Waals surface area contributed by atoms with E-state index in [0.717, 1.165) is 52.4 Å². The number of rotatable bonds is 3. The Balaban J connectivity index is 1.45. The van der Waals surface area contributed by atoms with Gasteiger partial charge in [-0.25, -0.2) is 9.37 Å². The average Bonchev–Trinajstić information content (AvgIpc) is 2.70. The zero-order valence-electron chi connectivity index (χ0n) is 15.2. The van der Waals surface area contributed by atoms with Gasteiger partial charge in [-0.2, -0.15) is 4.98 Å². The monoisotopic (exact) mass is 356 g/mol. The van der Waals surface area contributed by atoms with Crippen molar-refractivity contribution in [3.05, 3.63) is 42.3 Å². The lowest BCUT2D eigenvalue weighted by Gasteiger charge is -2.37. The van der Waals surface area contributed by atoms with Crippen molar-refractivity contribution in [1.82, 2.24) is 14.9 Å². The summed E-state index contributed by atoms with van der Waals surface area (Å²) in [6.45, 7) is 6.94. The zero-order valence-corrected chi connectivity index (χ0v) is 15.2. The highest BCUT2D eigenvalue weighted by Crippen LogP contribution is 2.22. The summed E-state index contributed by atoms with van der Waals surface area (Å²) in [5, 5.41) is 0. The number of anilines is 3. The third-order valence-corrected chi connectivity index (χ3v) is 5.20. The summed E-state index contributed by atoms with van der Waals surface area (Å²) in [6.07, 6.45) is 1.32. The topological polar surface area (TPSA) is 38.7 Å². The summed E-state index contributed by atoms with van der Waals surface area (Å²) < 4.78 is 14.3. The third-order valence-electron chi connectivity index (χ3n) is 5.20. The number of piperazine rings is 2. The smallest absolute Gasteiger partial charge is 0.227 e. The van der Waals surface area contributed by atoms with Gasteiger partial charge in [0.05, 0.1) is 6.20 Å². The Kier molecular flexibility index (Phi) is 4.88. The fourth-order valence-corrected chi connectivity index (χ4v) is 3.54. The number of likely N-dealkylation sites (N-methyl/N-ethyl adjacent to an activating group) is 1. The van der Waals surface area contributed by atoms with Gasteiger partial charge in [0.2, 0.25) is 5.95 Å². The van der Waals surface area contributed by atoms with E-state index in [1.54, 1.807) is 0 Å². The van der Waals surface area contributed by atoms with Gasteiger partial charge < -0.3 is 19.6 Å². The minimum Gasteiger partial charge on any atom is -0.368 e. The Bertz CT molecular complexity index is 724. The van der Waals surface area contributed by atoms with Crippen LogP contribution in [0.4, 0.5) is 21.8 Å². The Morgan fingerprint density at radius 3 is 2.12 bits per heavy atom. The molecule has 0 bridgehead atoms. The average molecular weight is 356 g/mol. The standard InChI is InChI=1S/C19H25FN6/c1-23-7-9-25(10-8-23)18-17(20)15-21-19(22-18)26-13-11-24(12-14-26)16-5-3-2-4-6-16/h2-6,15H,7-14H2,1H3. The Morgan fingerprint density at radius 2 is 1.42 bits per heavy atom. The number of aromatic nitrogens is 2. The fraction of sp³-hybridized carbons (Fsp3) is 0.474. The van der Waals surface area contributed by atoms with Crippen LogP contribution in [0.25, 0.3) is 0 Å². The summed E-state index contributed by atoms with van der Waals surface area (Å²) in [4.78, 5) is 17.6. The summed E-state index contributed by atoms with van der Waals surface area (Å²) in [7, 11) is 2.09. The van der Waals surface area contributed by atoms with Crippen molar-refractivity contribution in [2.45, 2.75) is 0 Å². The predicted molar refractivity (Wildman–Crippen MR) is 103 cm³/mol. The maximum absolute atomic E-state index is 14.3. The molecule has 0 amide bonds. The minimum atomic E-state index is -0.332. The van der Waals surface area contributed by atoms with Gasteiger partial charge in [-0.15, -0.1) is 0 Å². The summed E-state index contributed by atoms with van der Waals surface area (Å²) >= 11 is 0. The van der Waals surface area contributed by atoms with Crippen LogP contribution in [0.5, 0.6) is 0 Å². The predicted octanol–water partition coefficient (Wildman–Crippen LogP) is 1.69. The first kappa shape index (κ1) is 17.0. The molecule has 2 aromatic rings. The Morgan fingerprint density at radius 1 is 0.808 bits per heavy atom. The van der Waals surface area contributed by atoms with Crippen LogP contribution in [-0.4, -0.2) is 74.3 Å². The van der Waals surface area contributed by atoms with E-state index in [2.05, 4.69) is 56.0 Å². The lowest BCUT2D eigenvalue weighted by atomic mass is 10.2. The van der Waals surface area contributed by atoms with E-state index in [0.29, 0.717) is 11.8 Å². The van der Waals surface area contributed by atoms with Crippen molar-refractivity contribution in [2.75, 3.05) is 74.1 Å². The summed E-state index contributed by atoms with van der Waals surface area (Å²) in [5.74, 6) is 0.739. The highest BCUT2D eigenvalue weighted by Gasteiger charge is 2.23. The lowest BCUT2D eigenvalue weighted by molar-refractivity contribution is 0.310. The Hall–Kier alpha value is -2.41. The molecule has 1 aromatic heterocycles. The van der Waals surface area contributed by atoms with Gasteiger partial charge in [-0.1, -0.05) is 18.2 Å². The summed E-state index contributed by atoms with van der Waals surface area (Å²) in [6, 6.07) is 10.4. The first-order valence-electron chi connectivity index (χ1n) is 9.22. The number of benzene rings is 1. The van der Waals surface area contributed by atoms with Crippen LogP contribution in [0.2, 0.25) is 0 Å². The molecule has 0 unspecified atom stereocenters. The molecule has 2 saturated heterocycles. The normalized spacial score (nSPS) is 19.1. The van der Waals surface area contributed by atoms with Gasteiger partial charge in [-0.05, 0) is 19.2 Å². The zero-order chi connectivity index (χ0) is 17.9. The third kappa shape index (κ3) is 3.58. The Labute approximate surface area is 153 Å². The van der Waals surface area contributed by atoms with Gasteiger partial charge in [0.15, 0.2) is 11.6 Å². The molecule has 0 N–H and O–H groups in total. The largest absolute Gasteiger partial charge is 0.368 e. The van der Waals surface area contributed by atoms with E-state index in [1.165, 1.54) is 11.9 Å². The van der Waals surface area contributed by atoms with Crippen molar-refractivity contribution >= 4 is 17.5 Å². The molecule has 26 heavy (non-hydrogen) atoms. The number of nitrogens with zero attached hydrogens (tertiary/aromatic N) is 6. The maximum atomic E-state index is 14.3. The van der Waals surface area contributed by atoms with Crippen molar-refractivity contribution < 1.29 is 4.39 Å². The fourth-order valence-electron chi connectivity index (χ4n) is 3.54. The number of hydrogen-bond acceptors (Lipinski definition) is 6. The van der Waals surface area contributed by atoms with E-state index in [-0.39, 0.29) is 5.82 Å². The second-order valence-corrected chi connectivity index (χ2v) is 6.94. The molecule has 1 aromatic carbocycles. The molecule has 3 heterocycles.